The summed E-state index contributed by atoms with van der Waals surface area (Å²) >= 11 is 0. The van der Waals surface area contributed by atoms with Crippen molar-refractivity contribution < 1.29 is 19.4 Å². The lowest BCUT2D eigenvalue weighted by Crippen LogP contribution is -2.41. The van der Waals surface area contributed by atoms with E-state index in [4.69, 9.17) is 9.47 Å². The predicted octanol–water partition coefficient (Wildman–Crippen LogP) is 0.0971. The van der Waals surface area contributed by atoms with Crippen LogP contribution in [0.2, 0.25) is 0 Å². The zero-order chi connectivity index (χ0) is 15.1. The van der Waals surface area contributed by atoms with Crippen molar-refractivity contribution in [2.24, 2.45) is 0 Å². The van der Waals surface area contributed by atoms with Gasteiger partial charge in [0.15, 0.2) is 0 Å². The molecule has 1 atom stereocenters. The van der Waals surface area contributed by atoms with Crippen molar-refractivity contribution in [1.82, 2.24) is 9.80 Å². The average Bonchev–Trinajstić information content (AvgIpc) is 2.67. The molecule has 2 aliphatic heterocycles. The SMILES string of the molecule is CCN1CCCN(CC(O)COC2CCOCC2)CC1=O. The van der Waals surface area contributed by atoms with Crippen LogP contribution in [0.4, 0.5) is 0 Å². The van der Waals surface area contributed by atoms with Crippen LogP contribution in [0.15, 0.2) is 0 Å². The molecular weight excluding hydrogens is 272 g/mol. The highest BCUT2D eigenvalue weighted by Crippen LogP contribution is 2.11. The van der Waals surface area contributed by atoms with Crippen LogP contribution in [0.25, 0.3) is 0 Å². The van der Waals surface area contributed by atoms with Crippen LogP contribution in [0.5, 0.6) is 0 Å². The van der Waals surface area contributed by atoms with E-state index in [2.05, 4.69) is 0 Å². The number of amides is 1. The molecule has 2 aliphatic rings. The van der Waals surface area contributed by atoms with Crippen LogP contribution < -0.4 is 0 Å². The summed E-state index contributed by atoms with van der Waals surface area (Å²) in [5.74, 6) is 0.160. The average molecular weight is 300 g/mol. The minimum Gasteiger partial charge on any atom is -0.389 e. The number of β-amino-alcohol motifs (C(OH)–C–C–N with tert-alkyl or cyclic N) is 1. The molecule has 2 heterocycles. The molecule has 0 aliphatic carbocycles. The van der Waals surface area contributed by atoms with E-state index in [1.54, 1.807) is 0 Å². The Morgan fingerprint density at radius 2 is 2.14 bits per heavy atom. The molecular formula is C15H28N2O4. The maximum atomic E-state index is 12.0. The second-order valence-electron chi connectivity index (χ2n) is 5.86. The molecule has 6 nitrogen and oxygen atoms in total. The monoisotopic (exact) mass is 300 g/mol. The summed E-state index contributed by atoms with van der Waals surface area (Å²) in [6.07, 6.45) is 2.44. The van der Waals surface area contributed by atoms with Gasteiger partial charge in [-0.15, -0.1) is 0 Å². The van der Waals surface area contributed by atoms with E-state index in [0.717, 1.165) is 52.1 Å². The molecule has 0 aromatic rings. The third-order valence-electron chi connectivity index (χ3n) is 4.16. The molecule has 6 heteroatoms. The summed E-state index contributed by atoms with van der Waals surface area (Å²) in [5, 5.41) is 10.1. The predicted molar refractivity (Wildman–Crippen MR) is 79.1 cm³/mol. The van der Waals surface area contributed by atoms with E-state index in [-0.39, 0.29) is 12.0 Å². The van der Waals surface area contributed by atoms with Gasteiger partial charge in [-0.2, -0.15) is 0 Å². The number of carbonyl (C=O) groups excluding carboxylic acids is 1. The summed E-state index contributed by atoms with van der Waals surface area (Å²) in [5.41, 5.74) is 0. The highest BCUT2D eigenvalue weighted by molar-refractivity contribution is 5.78. The Morgan fingerprint density at radius 3 is 2.86 bits per heavy atom. The molecule has 2 fully saturated rings. The Labute approximate surface area is 127 Å². The maximum absolute atomic E-state index is 12.0. The molecule has 0 aromatic carbocycles. The van der Waals surface area contributed by atoms with Crippen molar-refractivity contribution in [3.8, 4) is 0 Å². The van der Waals surface area contributed by atoms with Crippen LogP contribution in [0.1, 0.15) is 26.2 Å². The Balaban J connectivity index is 1.69. The number of aliphatic hydroxyl groups is 1. The summed E-state index contributed by atoms with van der Waals surface area (Å²) in [7, 11) is 0. The van der Waals surface area contributed by atoms with Gasteiger partial charge in [-0.1, -0.05) is 0 Å². The van der Waals surface area contributed by atoms with Crippen LogP contribution >= 0.6 is 0 Å². The molecule has 1 N–H and O–H groups in total. The van der Waals surface area contributed by atoms with Crippen LogP contribution in [-0.4, -0.2) is 85.6 Å². The van der Waals surface area contributed by atoms with Crippen LogP contribution in [-0.2, 0) is 14.3 Å². The quantitative estimate of drug-likeness (QED) is 0.754. The Bertz CT molecular complexity index is 321. The summed E-state index contributed by atoms with van der Waals surface area (Å²) in [6, 6.07) is 0. The van der Waals surface area contributed by atoms with E-state index < -0.39 is 6.10 Å². The molecule has 0 saturated carbocycles. The molecule has 0 aromatic heterocycles. The van der Waals surface area contributed by atoms with Crippen LogP contribution in [0.3, 0.4) is 0 Å². The van der Waals surface area contributed by atoms with Gasteiger partial charge in [0, 0.05) is 39.4 Å². The fourth-order valence-electron chi connectivity index (χ4n) is 2.91. The molecule has 0 spiro atoms. The topological polar surface area (TPSA) is 62.2 Å². The summed E-state index contributed by atoms with van der Waals surface area (Å²) < 4.78 is 11.0. The fourth-order valence-corrected chi connectivity index (χ4v) is 2.91. The van der Waals surface area contributed by atoms with Gasteiger partial charge >= 0.3 is 0 Å². The first-order valence-electron chi connectivity index (χ1n) is 8.06. The highest BCUT2D eigenvalue weighted by Gasteiger charge is 2.23. The van der Waals surface area contributed by atoms with Gasteiger partial charge in [0.25, 0.3) is 0 Å². The standard InChI is InChI=1S/C15H28N2O4/c1-2-17-7-3-6-16(11-15(17)19)10-13(18)12-21-14-4-8-20-9-5-14/h13-14,18H,2-12H2,1H3. The lowest BCUT2D eigenvalue weighted by molar-refractivity contribution is -0.131. The number of ether oxygens (including phenoxy) is 2. The van der Waals surface area contributed by atoms with E-state index in [0.29, 0.717) is 19.7 Å². The lowest BCUT2D eigenvalue weighted by Gasteiger charge is -2.26. The van der Waals surface area contributed by atoms with Gasteiger partial charge < -0.3 is 19.5 Å². The summed E-state index contributed by atoms with van der Waals surface area (Å²) in [4.78, 5) is 15.9. The minimum absolute atomic E-state index is 0.160. The molecule has 0 radical (unpaired) electrons. The number of hydrogen-bond acceptors (Lipinski definition) is 5. The van der Waals surface area contributed by atoms with Gasteiger partial charge in [0.1, 0.15) is 0 Å². The van der Waals surface area contributed by atoms with E-state index >= 15 is 0 Å². The number of hydrogen-bond donors (Lipinski definition) is 1. The second kappa shape index (κ2) is 8.68. The lowest BCUT2D eigenvalue weighted by atomic mass is 10.1. The van der Waals surface area contributed by atoms with E-state index in [9.17, 15) is 9.90 Å². The zero-order valence-corrected chi connectivity index (χ0v) is 13.0. The fraction of sp³-hybridized carbons (Fsp3) is 0.933. The molecule has 1 amide bonds. The largest absolute Gasteiger partial charge is 0.389 e. The Hall–Kier alpha value is -0.690. The second-order valence-corrected chi connectivity index (χ2v) is 5.86. The van der Waals surface area contributed by atoms with Crippen molar-refractivity contribution >= 4 is 5.91 Å². The van der Waals surface area contributed by atoms with Gasteiger partial charge in [-0.05, 0) is 26.2 Å². The smallest absolute Gasteiger partial charge is 0.236 e. The van der Waals surface area contributed by atoms with Crippen molar-refractivity contribution in [2.45, 2.75) is 38.4 Å². The zero-order valence-electron chi connectivity index (χ0n) is 13.0. The number of likely N-dealkylation sites (N-methyl/N-ethyl adjacent to an activating group) is 1. The van der Waals surface area contributed by atoms with Gasteiger partial charge in [-0.3, -0.25) is 9.69 Å². The van der Waals surface area contributed by atoms with E-state index in [1.165, 1.54) is 0 Å². The first-order chi connectivity index (χ1) is 10.2. The molecule has 2 rings (SSSR count). The third kappa shape index (κ3) is 5.54. The number of carbonyl (C=O) groups is 1. The van der Waals surface area contributed by atoms with Gasteiger partial charge in [0.2, 0.25) is 5.91 Å². The van der Waals surface area contributed by atoms with Crippen molar-refractivity contribution in [3.63, 3.8) is 0 Å². The van der Waals surface area contributed by atoms with Gasteiger partial charge in [-0.25, -0.2) is 0 Å². The van der Waals surface area contributed by atoms with Crippen molar-refractivity contribution in [1.29, 1.82) is 0 Å². The first-order valence-corrected chi connectivity index (χ1v) is 8.06. The third-order valence-corrected chi connectivity index (χ3v) is 4.16. The minimum atomic E-state index is -0.533. The van der Waals surface area contributed by atoms with E-state index in [1.807, 2.05) is 16.7 Å². The molecule has 0 bridgehead atoms. The number of rotatable bonds is 6. The van der Waals surface area contributed by atoms with Crippen LogP contribution in [0, 0.1) is 0 Å². The molecule has 1 unspecified atom stereocenters. The van der Waals surface area contributed by atoms with Crippen molar-refractivity contribution in [2.75, 3.05) is 52.5 Å². The normalized spacial score (nSPS) is 24.1. The maximum Gasteiger partial charge on any atom is 0.236 e. The first kappa shape index (κ1) is 16.7. The highest BCUT2D eigenvalue weighted by atomic mass is 16.5. The molecule has 2 saturated heterocycles. The molecule has 122 valence electrons. The number of aliphatic hydroxyl groups excluding tert-OH is 1. The van der Waals surface area contributed by atoms with Crippen molar-refractivity contribution in [3.05, 3.63) is 0 Å². The summed E-state index contributed by atoms with van der Waals surface area (Å²) in [6.45, 7) is 7.19. The molecule has 21 heavy (non-hydrogen) atoms. The number of nitrogens with zero attached hydrogens (tertiary/aromatic N) is 2. The Morgan fingerprint density at radius 1 is 1.38 bits per heavy atom. The van der Waals surface area contributed by atoms with Gasteiger partial charge in [0.05, 0.1) is 25.4 Å². The Kier molecular flexibility index (Phi) is 6.89.